The van der Waals surface area contributed by atoms with Crippen molar-refractivity contribution in [1.29, 1.82) is 0 Å². The molecule has 1 aliphatic heterocycles. The third-order valence-electron chi connectivity index (χ3n) is 4.17. The number of piperazine rings is 1. The van der Waals surface area contributed by atoms with Gasteiger partial charge in [0.25, 0.3) is 5.91 Å². The summed E-state index contributed by atoms with van der Waals surface area (Å²) in [7, 11) is 2.06. The van der Waals surface area contributed by atoms with Crippen LogP contribution in [0.15, 0.2) is 24.3 Å². The molecule has 1 fully saturated rings. The molecular weight excluding hydrogens is 290 g/mol. The van der Waals surface area contributed by atoms with Crippen LogP contribution in [0.1, 0.15) is 37.0 Å². The molecule has 2 rings (SSSR count). The lowest BCUT2D eigenvalue weighted by atomic mass is 10.1. The van der Waals surface area contributed by atoms with Crippen molar-refractivity contribution >= 4 is 17.5 Å². The Kier molecular flexibility index (Phi) is 6.16. The molecule has 5 heteroatoms. The van der Waals surface area contributed by atoms with Crippen molar-refractivity contribution in [1.82, 2.24) is 9.80 Å². The standard InChI is InChI=1S/C18H27N3O2/c1-14(2)8-9-17(22)19-16-7-5-4-6-15(16)18(23)21-12-10-20(3)11-13-21/h4-7,14H,8-13H2,1-3H3,(H,19,22). The van der Waals surface area contributed by atoms with Gasteiger partial charge in [-0.2, -0.15) is 0 Å². The maximum atomic E-state index is 12.7. The molecule has 1 aliphatic rings. The second-order valence-electron chi connectivity index (χ2n) is 6.62. The first-order valence-electron chi connectivity index (χ1n) is 8.34. The van der Waals surface area contributed by atoms with Crippen LogP contribution in [-0.4, -0.2) is 54.8 Å². The fourth-order valence-corrected chi connectivity index (χ4v) is 2.59. The molecule has 0 spiro atoms. The van der Waals surface area contributed by atoms with E-state index in [2.05, 4.69) is 31.1 Å². The highest BCUT2D eigenvalue weighted by Gasteiger charge is 2.22. The molecule has 0 bridgehead atoms. The van der Waals surface area contributed by atoms with Gasteiger partial charge in [-0.3, -0.25) is 9.59 Å². The summed E-state index contributed by atoms with van der Waals surface area (Å²) in [6.07, 6.45) is 1.33. The van der Waals surface area contributed by atoms with Gasteiger partial charge < -0.3 is 15.1 Å². The summed E-state index contributed by atoms with van der Waals surface area (Å²) >= 11 is 0. The second-order valence-corrected chi connectivity index (χ2v) is 6.62. The van der Waals surface area contributed by atoms with Crippen molar-refractivity contribution in [2.75, 3.05) is 38.5 Å². The number of rotatable bonds is 5. The molecule has 0 radical (unpaired) electrons. The molecule has 1 aromatic carbocycles. The first-order chi connectivity index (χ1) is 11.0. The van der Waals surface area contributed by atoms with E-state index in [-0.39, 0.29) is 11.8 Å². The molecule has 0 atom stereocenters. The molecule has 1 heterocycles. The highest BCUT2D eigenvalue weighted by Crippen LogP contribution is 2.19. The molecular formula is C18H27N3O2. The van der Waals surface area contributed by atoms with Gasteiger partial charge in [0.05, 0.1) is 11.3 Å². The number of hydrogen-bond donors (Lipinski definition) is 1. The third-order valence-corrected chi connectivity index (χ3v) is 4.17. The number of amides is 2. The topological polar surface area (TPSA) is 52.7 Å². The smallest absolute Gasteiger partial charge is 0.256 e. The van der Waals surface area contributed by atoms with Gasteiger partial charge in [-0.1, -0.05) is 26.0 Å². The van der Waals surface area contributed by atoms with Gasteiger partial charge in [0.2, 0.25) is 5.91 Å². The van der Waals surface area contributed by atoms with Gasteiger partial charge in [-0.15, -0.1) is 0 Å². The molecule has 5 nitrogen and oxygen atoms in total. The summed E-state index contributed by atoms with van der Waals surface area (Å²) in [6.45, 7) is 7.41. The molecule has 126 valence electrons. The van der Waals surface area contributed by atoms with Crippen molar-refractivity contribution in [3.63, 3.8) is 0 Å². The Morgan fingerprint density at radius 1 is 1.13 bits per heavy atom. The fourth-order valence-electron chi connectivity index (χ4n) is 2.59. The van der Waals surface area contributed by atoms with Gasteiger partial charge in [-0.25, -0.2) is 0 Å². The van der Waals surface area contributed by atoms with Crippen molar-refractivity contribution < 1.29 is 9.59 Å². The van der Waals surface area contributed by atoms with E-state index in [0.717, 1.165) is 32.6 Å². The van der Waals surface area contributed by atoms with Crippen molar-refractivity contribution in [3.05, 3.63) is 29.8 Å². The summed E-state index contributed by atoms with van der Waals surface area (Å²) in [5.74, 6) is 0.457. The van der Waals surface area contributed by atoms with E-state index < -0.39 is 0 Å². The molecule has 2 amide bonds. The lowest BCUT2D eigenvalue weighted by Gasteiger charge is -2.32. The quantitative estimate of drug-likeness (QED) is 0.907. The zero-order valence-electron chi connectivity index (χ0n) is 14.3. The van der Waals surface area contributed by atoms with Crippen LogP contribution >= 0.6 is 0 Å². The first-order valence-corrected chi connectivity index (χ1v) is 8.34. The fraction of sp³-hybridized carbons (Fsp3) is 0.556. The first kappa shape index (κ1) is 17.5. The predicted octanol–water partition coefficient (Wildman–Crippen LogP) is 2.45. The summed E-state index contributed by atoms with van der Waals surface area (Å²) < 4.78 is 0. The number of carbonyl (C=O) groups excluding carboxylic acids is 2. The molecule has 0 unspecified atom stereocenters. The Hall–Kier alpha value is -1.88. The van der Waals surface area contributed by atoms with Crippen molar-refractivity contribution in [3.8, 4) is 0 Å². The van der Waals surface area contributed by atoms with Gasteiger partial charge in [0, 0.05) is 32.6 Å². The van der Waals surface area contributed by atoms with Crippen molar-refractivity contribution in [2.45, 2.75) is 26.7 Å². The minimum atomic E-state index is -0.0303. The Labute approximate surface area is 138 Å². The number of nitrogens with one attached hydrogen (secondary N) is 1. The highest BCUT2D eigenvalue weighted by molar-refractivity contribution is 6.03. The minimum absolute atomic E-state index is 0.00198. The predicted molar refractivity (Wildman–Crippen MR) is 92.5 cm³/mol. The minimum Gasteiger partial charge on any atom is -0.336 e. The Balaban J connectivity index is 2.05. The van der Waals surface area contributed by atoms with Crippen LogP contribution in [0.5, 0.6) is 0 Å². The van der Waals surface area contributed by atoms with Gasteiger partial charge >= 0.3 is 0 Å². The lowest BCUT2D eigenvalue weighted by molar-refractivity contribution is -0.116. The van der Waals surface area contributed by atoms with Gasteiger partial charge in [0.1, 0.15) is 0 Å². The Morgan fingerprint density at radius 2 is 1.78 bits per heavy atom. The molecule has 23 heavy (non-hydrogen) atoms. The van der Waals surface area contributed by atoms with E-state index in [1.807, 2.05) is 17.0 Å². The monoisotopic (exact) mass is 317 g/mol. The van der Waals surface area contributed by atoms with Crippen LogP contribution in [0.2, 0.25) is 0 Å². The number of anilines is 1. The Morgan fingerprint density at radius 3 is 2.43 bits per heavy atom. The summed E-state index contributed by atoms with van der Waals surface area (Å²) in [4.78, 5) is 28.9. The van der Waals surface area contributed by atoms with Crippen LogP contribution in [-0.2, 0) is 4.79 Å². The van der Waals surface area contributed by atoms with E-state index in [1.54, 1.807) is 12.1 Å². The van der Waals surface area contributed by atoms with E-state index in [1.165, 1.54) is 0 Å². The maximum absolute atomic E-state index is 12.7. The molecule has 0 aliphatic carbocycles. The number of para-hydroxylation sites is 1. The lowest BCUT2D eigenvalue weighted by Crippen LogP contribution is -2.47. The SMILES string of the molecule is CC(C)CCC(=O)Nc1ccccc1C(=O)N1CCN(C)CC1. The largest absolute Gasteiger partial charge is 0.336 e. The second kappa shape index (κ2) is 8.11. The summed E-state index contributed by atoms with van der Waals surface area (Å²) in [5.41, 5.74) is 1.19. The van der Waals surface area contributed by atoms with Crippen LogP contribution in [0, 0.1) is 5.92 Å². The average molecular weight is 317 g/mol. The molecule has 0 saturated carbocycles. The number of nitrogens with zero attached hydrogens (tertiary/aromatic N) is 2. The number of likely N-dealkylation sites (N-methyl/N-ethyl adjacent to an activating group) is 1. The van der Waals surface area contributed by atoms with E-state index >= 15 is 0 Å². The Bertz CT molecular complexity index is 549. The number of hydrogen-bond acceptors (Lipinski definition) is 3. The summed E-state index contributed by atoms with van der Waals surface area (Å²) in [5, 5.41) is 2.90. The number of benzene rings is 1. The molecule has 1 saturated heterocycles. The third kappa shape index (κ3) is 5.06. The van der Waals surface area contributed by atoms with Gasteiger partial charge in [0.15, 0.2) is 0 Å². The van der Waals surface area contributed by atoms with Crippen LogP contribution in [0.25, 0.3) is 0 Å². The molecule has 0 aromatic heterocycles. The summed E-state index contributed by atoms with van der Waals surface area (Å²) in [6, 6.07) is 7.28. The molecule has 1 N–H and O–H groups in total. The van der Waals surface area contributed by atoms with E-state index in [9.17, 15) is 9.59 Å². The van der Waals surface area contributed by atoms with E-state index in [4.69, 9.17) is 0 Å². The number of carbonyl (C=O) groups is 2. The maximum Gasteiger partial charge on any atom is 0.256 e. The van der Waals surface area contributed by atoms with E-state index in [0.29, 0.717) is 23.6 Å². The molecule has 1 aromatic rings. The van der Waals surface area contributed by atoms with Crippen LogP contribution in [0.4, 0.5) is 5.69 Å². The van der Waals surface area contributed by atoms with Gasteiger partial charge in [-0.05, 0) is 31.5 Å². The average Bonchev–Trinajstić information content (AvgIpc) is 2.53. The van der Waals surface area contributed by atoms with Crippen LogP contribution < -0.4 is 5.32 Å². The zero-order chi connectivity index (χ0) is 16.8. The normalized spacial score (nSPS) is 15.7. The van der Waals surface area contributed by atoms with Crippen molar-refractivity contribution in [2.24, 2.45) is 5.92 Å². The highest BCUT2D eigenvalue weighted by atomic mass is 16.2. The zero-order valence-corrected chi connectivity index (χ0v) is 14.3. The van der Waals surface area contributed by atoms with Crippen LogP contribution in [0.3, 0.4) is 0 Å².